The lowest BCUT2D eigenvalue weighted by atomic mass is 10.6. The van der Waals surface area contributed by atoms with Crippen LogP contribution < -0.4 is 0 Å². The molecule has 0 bridgehead atoms. The van der Waals surface area contributed by atoms with Gasteiger partial charge in [0.1, 0.15) is 0 Å². The van der Waals surface area contributed by atoms with Gasteiger partial charge in [-0.25, -0.2) is 4.39 Å². The molecule has 2 nitrogen and oxygen atoms in total. The molecule has 0 radical (unpaired) electrons. The molecule has 0 aliphatic heterocycles. The summed E-state index contributed by atoms with van der Waals surface area (Å²) in [4.78, 5) is 0. The summed E-state index contributed by atoms with van der Waals surface area (Å²) in [5.74, 6) is 0. The summed E-state index contributed by atoms with van der Waals surface area (Å²) in [5, 5.41) is 7.67. The van der Waals surface area contributed by atoms with E-state index < -0.39 is 12.5 Å². The molecule has 5 heteroatoms. The van der Waals surface area contributed by atoms with E-state index >= 15 is 0 Å². The summed E-state index contributed by atoms with van der Waals surface area (Å²) >= 11 is 0. The third kappa shape index (κ3) is 2.67. The Balaban J connectivity index is 3.70. The molecule has 0 saturated heterocycles. The van der Waals surface area contributed by atoms with E-state index in [-0.39, 0.29) is 6.61 Å². The predicted octanol–water partition coefficient (Wildman–Crippen LogP) is 0.904. The molecule has 0 aromatic carbocycles. The Kier molecular flexibility index (Phi) is 2.93. The largest absolute Gasteiger partial charge is 0.411 e. The van der Waals surface area contributed by atoms with Gasteiger partial charge in [0.05, 0.1) is 6.61 Å². The van der Waals surface area contributed by atoms with Crippen molar-refractivity contribution in [2.45, 2.75) is 19.4 Å². The molecule has 0 aliphatic rings. The molecule has 1 N–H and O–H groups in total. The Morgan fingerprint density at radius 3 is 2.22 bits per heavy atom. The standard InChI is InChI=1S/C4H7F3O2/c1-2-9-4(6,7)3(5)8/h3,8H,2H2,1H3. The van der Waals surface area contributed by atoms with Crippen molar-refractivity contribution in [2.24, 2.45) is 0 Å². The molecule has 1 unspecified atom stereocenters. The fourth-order valence-electron chi connectivity index (χ4n) is 0.261. The van der Waals surface area contributed by atoms with Crippen LogP contribution in [0.3, 0.4) is 0 Å². The number of ether oxygens (including phenoxy) is 1. The number of alkyl halides is 3. The summed E-state index contributed by atoms with van der Waals surface area (Å²) < 4.78 is 38.3. The first-order valence-electron chi connectivity index (χ1n) is 2.34. The third-order valence-electron chi connectivity index (χ3n) is 0.614. The molecular weight excluding hydrogens is 137 g/mol. The van der Waals surface area contributed by atoms with Gasteiger partial charge in [-0.15, -0.1) is 0 Å². The SMILES string of the molecule is CCOC(F)(F)C(O)F. The highest BCUT2D eigenvalue weighted by Gasteiger charge is 2.39. The maximum Gasteiger partial charge on any atom is 0.411 e. The van der Waals surface area contributed by atoms with E-state index in [9.17, 15) is 13.2 Å². The van der Waals surface area contributed by atoms with Crippen LogP contribution in [0.1, 0.15) is 6.92 Å². The van der Waals surface area contributed by atoms with Crippen LogP contribution in [-0.4, -0.2) is 24.2 Å². The second-order valence-corrected chi connectivity index (χ2v) is 1.33. The lowest BCUT2D eigenvalue weighted by molar-refractivity contribution is -0.317. The van der Waals surface area contributed by atoms with E-state index in [1.165, 1.54) is 6.92 Å². The molecular formula is C4H7F3O2. The highest BCUT2D eigenvalue weighted by molar-refractivity contribution is 4.52. The molecule has 0 heterocycles. The van der Waals surface area contributed by atoms with Crippen molar-refractivity contribution >= 4 is 0 Å². The molecule has 0 saturated carbocycles. The van der Waals surface area contributed by atoms with Crippen molar-refractivity contribution in [2.75, 3.05) is 6.61 Å². The first kappa shape index (κ1) is 8.71. The Labute approximate surface area is 50.2 Å². The van der Waals surface area contributed by atoms with Gasteiger partial charge in [0.25, 0.3) is 6.36 Å². The molecule has 1 atom stereocenters. The molecule has 0 rings (SSSR count). The van der Waals surface area contributed by atoms with Gasteiger partial charge in [0, 0.05) is 0 Å². The summed E-state index contributed by atoms with van der Waals surface area (Å²) in [7, 11) is 0. The van der Waals surface area contributed by atoms with Gasteiger partial charge in [-0.2, -0.15) is 8.78 Å². The van der Waals surface area contributed by atoms with Crippen LogP contribution in [0.15, 0.2) is 0 Å². The van der Waals surface area contributed by atoms with Gasteiger partial charge in [-0.05, 0) is 6.92 Å². The molecule has 0 aromatic heterocycles. The second-order valence-electron chi connectivity index (χ2n) is 1.33. The monoisotopic (exact) mass is 144 g/mol. The predicted molar refractivity (Wildman–Crippen MR) is 23.7 cm³/mol. The third-order valence-corrected chi connectivity index (χ3v) is 0.614. The maximum absolute atomic E-state index is 11.7. The van der Waals surface area contributed by atoms with Crippen LogP contribution in [0.4, 0.5) is 13.2 Å². The lowest BCUT2D eigenvalue weighted by Crippen LogP contribution is -2.32. The minimum atomic E-state index is -4.06. The number of hydrogen-bond donors (Lipinski definition) is 1. The van der Waals surface area contributed by atoms with Crippen LogP contribution in [0.25, 0.3) is 0 Å². The Morgan fingerprint density at radius 1 is 1.67 bits per heavy atom. The number of aliphatic hydroxyl groups excluding tert-OH is 1. The van der Waals surface area contributed by atoms with Crippen LogP contribution in [0.5, 0.6) is 0 Å². The van der Waals surface area contributed by atoms with Gasteiger partial charge in [0.2, 0.25) is 0 Å². The second kappa shape index (κ2) is 3.03. The zero-order valence-electron chi connectivity index (χ0n) is 4.77. The fourth-order valence-corrected chi connectivity index (χ4v) is 0.261. The van der Waals surface area contributed by atoms with Gasteiger partial charge in [0.15, 0.2) is 0 Å². The van der Waals surface area contributed by atoms with Crippen molar-refractivity contribution in [3.8, 4) is 0 Å². The van der Waals surface area contributed by atoms with Crippen LogP contribution in [0, 0.1) is 0 Å². The molecule has 0 fully saturated rings. The van der Waals surface area contributed by atoms with Gasteiger partial charge < -0.3 is 9.84 Å². The van der Waals surface area contributed by atoms with Crippen molar-refractivity contribution in [3.63, 3.8) is 0 Å². The lowest BCUT2D eigenvalue weighted by Gasteiger charge is -2.14. The van der Waals surface area contributed by atoms with Gasteiger partial charge in [-0.1, -0.05) is 0 Å². The van der Waals surface area contributed by atoms with E-state index in [0.29, 0.717) is 0 Å². The minimum Gasteiger partial charge on any atom is -0.357 e. The summed E-state index contributed by atoms with van der Waals surface area (Å²) in [6.07, 6.45) is -7.30. The molecule has 0 spiro atoms. The maximum atomic E-state index is 11.7. The molecule has 0 amide bonds. The van der Waals surface area contributed by atoms with Crippen LogP contribution >= 0.6 is 0 Å². The minimum absolute atomic E-state index is 0.339. The molecule has 0 aromatic rings. The first-order chi connectivity index (χ1) is 4.00. The van der Waals surface area contributed by atoms with E-state index in [4.69, 9.17) is 5.11 Å². The van der Waals surface area contributed by atoms with Crippen molar-refractivity contribution in [3.05, 3.63) is 0 Å². The number of rotatable bonds is 3. The normalized spacial score (nSPS) is 15.7. The van der Waals surface area contributed by atoms with E-state index in [1.807, 2.05) is 0 Å². The van der Waals surface area contributed by atoms with Crippen molar-refractivity contribution < 1.29 is 23.0 Å². The van der Waals surface area contributed by atoms with Gasteiger partial charge in [-0.3, -0.25) is 0 Å². The number of halogens is 3. The van der Waals surface area contributed by atoms with E-state index in [2.05, 4.69) is 4.74 Å². The summed E-state index contributed by atoms with van der Waals surface area (Å²) in [6, 6.07) is 0. The quantitative estimate of drug-likeness (QED) is 0.637. The Morgan fingerprint density at radius 2 is 2.11 bits per heavy atom. The van der Waals surface area contributed by atoms with Gasteiger partial charge >= 0.3 is 6.11 Å². The Hall–Kier alpha value is -0.290. The smallest absolute Gasteiger partial charge is 0.357 e. The van der Waals surface area contributed by atoms with Crippen molar-refractivity contribution in [1.29, 1.82) is 0 Å². The first-order valence-corrected chi connectivity index (χ1v) is 2.34. The summed E-state index contributed by atoms with van der Waals surface area (Å²) in [5.41, 5.74) is 0. The van der Waals surface area contributed by atoms with Crippen molar-refractivity contribution in [1.82, 2.24) is 0 Å². The molecule has 56 valence electrons. The zero-order valence-corrected chi connectivity index (χ0v) is 4.77. The average molecular weight is 144 g/mol. The van der Waals surface area contributed by atoms with E-state index in [1.54, 1.807) is 0 Å². The highest BCUT2D eigenvalue weighted by atomic mass is 19.3. The summed E-state index contributed by atoms with van der Waals surface area (Å²) in [6.45, 7) is 0.935. The number of aliphatic hydroxyl groups is 1. The molecule has 9 heavy (non-hydrogen) atoms. The number of hydrogen-bond acceptors (Lipinski definition) is 2. The zero-order chi connectivity index (χ0) is 7.49. The highest BCUT2D eigenvalue weighted by Crippen LogP contribution is 2.20. The topological polar surface area (TPSA) is 29.5 Å². The van der Waals surface area contributed by atoms with Crippen LogP contribution in [-0.2, 0) is 4.74 Å². The average Bonchev–Trinajstić information content (AvgIpc) is 1.65. The Bertz CT molecular complexity index is 83.9. The van der Waals surface area contributed by atoms with Crippen LogP contribution in [0.2, 0.25) is 0 Å². The fraction of sp³-hybridized carbons (Fsp3) is 1.00. The van der Waals surface area contributed by atoms with E-state index in [0.717, 1.165) is 0 Å². The molecule has 0 aliphatic carbocycles.